The Morgan fingerprint density at radius 2 is 0.644 bits per heavy atom. The van der Waals surface area contributed by atoms with Crippen molar-refractivity contribution in [3.8, 4) is 67.5 Å². The molecule has 7 aromatic carbocycles. The average Bonchev–Trinajstić information content (AvgIpc) is 1.60. The molecule has 11 aromatic rings. The maximum Gasteiger partial charge on any atom is 0.338 e. The molecule has 149 heavy (non-hydrogen) atoms. The van der Waals surface area contributed by atoms with Crippen LogP contribution >= 0.6 is 22.7 Å². The second-order valence-electron chi connectivity index (χ2n) is 36.5. The lowest BCUT2D eigenvalue weighted by Gasteiger charge is -2.30. The molecule has 0 spiro atoms. The second-order valence-corrected chi connectivity index (χ2v) is 38.5. The van der Waals surface area contributed by atoms with E-state index in [0.29, 0.717) is 217 Å². The van der Waals surface area contributed by atoms with Gasteiger partial charge >= 0.3 is 77.6 Å². The minimum atomic E-state index is -1.25. The molecule has 4 aliphatic carbocycles. The van der Waals surface area contributed by atoms with E-state index in [1.165, 1.54) is 84.1 Å². The fraction of sp³-hybridized carbons (Fsp3) is 0.384. The van der Waals surface area contributed by atoms with E-state index in [9.17, 15) is 72.5 Å². The van der Waals surface area contributed by atoms with Crippen LogP contribution in [0.1, 0.15) is 197 Å². The number of furan rings is 2. The fourth-order valence-electron chi connectivity index (χ4n) is 17.7. The number of benzene rings is 7. The van der Waals surface area contributed by atoms with Crippen molar-refractivity contribution >= 4 is 143 Å². The smallest absolute Gasteiger partial charge is 0.338 e. The third-order valence-electron chi connectivity index (χ3n) is 26.2. The van der Waals surface area contributed by atoms with E-state index in [1.54, 1.807) is 72.8 Å². The van der Waals surface area contributed by atoms with Gasteiger partial charge in [0, 0.05) is 46.6 Å². The van der Waals surface area contributed by atoms with Crippen LogP contribution in [0.25, 0.3) is 63.9 Å². The van der Waals surface area contributed by atoms with Crippen molar-refractivity contribution in [2.45, 2.75) is 167 Å². The molecule has 4 aromatic heterocycles. The van der Waals surface area contributed by atoms with Gasteiger partial charge in [-0.1, -0.05) is 38.4 Å². The van der Waals surface area contributed by atoms with Gasteiger partial charge in [0.1, 0.15) is 60.3 Å². The summed E-state index contributed by atoms with van der Waals surface area (Å²) in [4.78, 5) is 178. The molecule has 4 aliphatic rings. The maximum absolute atomic E-state index is 14.4. The van der Waals surface area contributed by atoms with Gasteiger partial charge in [-0.15, -0.1) is 22.7 Å². The van der Waals surface area contributed by atoms with Crippen LogP contribution in [0.3, 0.4) is 0 Å². The molecule has 782 valence electrons. The summed E-state index contributed by atoms with van der Waals surface area (Å²) >= 11 is 2.35. The number of aromatic nitrogens is 2. The number of hydrogen-bond acceptors (Lipinski definition) is 37. The highest BCUT2D eigenvalue weighted by molar-refractivity contribution is 7.22. The summed E-state index contributed by atoms with van der Waals surface area (Å²) < 4.78 is 104. The number of unbranched alkanes of at least 4 members (excludes halogenated alkanes) is 4. The van der Waals surface area contributed by atoms with Gasteiger partial charge in [-0.05, 0) is 293 Å². The number of hydrogen-bond donors (Lipinski definition) is 2. The number of nitrogens with zero attached hydrogens (tertiary/aromatic N) is 2. The highest BCUT2D eigenvalue weighted by Crippen LogP contribution is 2.48. The zero-order valence-corrected chi connectivity index (χ0v) is 83.5. The van der Waals surface area contributed by atoms with E-state index in [-0.39, 0.29) is 141 Å². The Hall–Kier alpha value is -15.1. The summed E-state index contributed by atoms with van der Waals surface area (Å²) in [6.07, 6.45) is 12.0. The highest BCUT2D eigenvalue weighted by Gasteiger charge is 2.39. The van der Waals surface area contributed by atoms with Crippen LogP contribution in [0.2, 0.25) is 0 Å². The van der Waals surface area contributed by atoms with Gasteiger partial charge in [0.2, 0.25) is 0 Å². The van der Waals surface area contributed by atoms with E-state index in [1.807, 2.05) is 0 Å². The molecule has 0 saturated heterocycles. The molecule has 2 unspecified atom stereocenters. The van der Waals surface area contributed by atoms with Gasteiger partial charge in [0.25, 0.3) is 0 Å². The van der Waals surface area contributed by atoms with Gasteiger partial charge in [-0.2, -0.15) is 0 Å². The number of thiazole rings is 2. The zero-order valence-electron chi connectivity index (χ0n) is 81.9. The Balaban J connectivity index is 0.618. The fourth-order valence-corrected chi connectivity index (χ4v) is 19.7. The normalized spacial score (nSPS) is 17.9. The van der Waals surface area contributed by atoms with Crippen molar-refractivity contribution in [3.63, 3.8) is 0 Å². The van der Waals surface area contributed by atoms with Gasteiger partial charge in [-0.25, -0.2) is 43.5 Å². The molecule has 0 aliphatic heterocycles. The van der Waals surface area contributed by atoms with Crippen LogP contribution in [0.4, 0.5) is 0 Å². The lowest BCUT2D eigenvalue weighted by Crippen LogP contribution is -2.33. The third kappa shape index (κ3) is 29.9. The molecule has 4 saturated carbocycles. The molecule has 4 heterocycles. The van der Waals surface area contributed by atoms with Crippen LogP contribution in [-0.4, -0.2) is 164 Å². The van der Waals surface area contributed by atoms with E-state index in [4.69, 9.17) is 94.6 Å². The van der Waals surface area contributed by atoms with Crippen molar-refractivity contribution in [2.24, 2.45) is 47.3 Å². The zero-order chi connectivity index (χ0) is 105. The number of carbonyl (C=O) groups is 13. The molecule has 2 atom stereocenters. The third-order valence-corrected chi connectivity index (χ3v) is 28.4. The first kappa shape index (κ1) is 108. The van der Waals surface area contributed by atoms with Crippen molar-refractivity contribution in [2.75, 3.05) is 59.5 Å². The topological polar surface area (TPSA) is 462 Å². The van der Waals surface area contributed by atoms with E-state index in [2.05, 4.69) is 26.3 Å². The predicted octanol–water partition coefficient (Wildman–Crippen LogP) is 19.8. The minimum Gasteiger partial charge on any atom is -0.491 e. The maximum atomic E-state index is 14.4. The average molecular weight is 2080 g/mol. The molecule has 2 N–H and O–H groups in total. The predicted molar refractivity (Wildman–Crippen MR) is 540 cm³/mol. The standard InChI is InChI=1S/C112H114N2O33S2/c1-5-92(115)130-53-9-13-57-134-102(119)67-33-41-80(42-34-67)139-106(123)71-19-17-66(18-20-71)65-138-84-49-51-86(146-111(128)76-29-23-73(24-30-76)108(125)141-82-45-37-69(38-46-82)104(121)136-59-15-11-55-132-94(117)7-3)98-96(84)113-100(148-98)90-63-78-61-89-79(62-88(78)143-90)64-91(144-89)101-114-97-85(145-110(127)75-27-21-72(22-28-75)107(124)140-81-43-35-68(36-44-81)103(120)135-58-14-10-54-131-93(116)6-2)50-52-87(99(97)149-101)147-112(129)77-31-25-74(26-32-77)109(126)142-83-47-39-70(40-48-83)105(122)137-60-16-12-56-133-95(118)8-4/h5-8,33-52,61-64,66,71-77,104,107,121,124H,1-4,9-32,53-60,65H2. The van der Waals surface area contributed by atoms with Crippen LogP contribution < -0.4 is 37.9 Å². The van der Waals surface area contributed by atoms with Crippen molar-refractivity contribution in [1.29, 1.82) is 0 Å². The number of rotatable bonds is 49. The van der Waals surface area contributed by atoms with Crippen molar-refractivity contribution in [1.82, 2.24) is 9.97 Å². The van der Waals surface area contributed by atoms with E-state index >= 15 is 0 Å². The first-order valence-electron chi connectivity index (χ1n) is 49.8. The summed E-state index contributed by atoms with van der Waals surface area (Å²) in [5.41, 5.74) is 2.68. The number of carbonyl (C=O) groups excluding carboxylic acids is 13. The van der Waals surface area contributed by atoms with E-state index in [0.717, 1.165) is 35.6 Å². The summed E-state index contributed by atoms with van der Waals surface area (Å²) in [5.74, 6) is -7.86. The van der Waals surface area contributed by atoms with Crippen LogP contribution in [-0.2, 0) is 85.8 Å². The number of fused-ring (bicyclic) bond motifs is 4. The Morgan fingerprint density at radius 1 is 0.342 bits per heavy atom. The summed E-state index contributed by atoms with van der Waals surface area (Å²) in [6, 6.07) is 38.1. The van der Waals surface area contributed by atoms with Gasteiger partial charge in [-0.3, -0.25) is 28.8 Å². The summed E-state index contributed by atoms with van der Waals surface area (Å²) in [7, 11) is 0. The van der Waals surface area contributed by atoms with Crippen molar-refractivity contribution < 1.29 is 157 Å². The molecular weight excluding hydrogens is 1970 g/mol. The second kappa shape index (κ2) is 53.0. The Morgan fingerprint density at radius 3 is 1.01 bits per heavy atom. The van der Waals surface area contributed by atoms with Crippen molar-refractivity contribution in [3.05, 3.63) is 218 Å². The molecule has 35 nitrogen and oxygen atoms in total. The highest BCUT2D eigenvalue weighted by atomic mass is 32.1. The van der Waals surface area contributed by atoms with Crippen LogP contribution in [0.5, 0.6) is 46.0 Å². The Kier molecular flexibility index (Phi) is 38.5. The summed E-state index contributed by atoms with van der Waals surface area (Å²) in [6.45, 7) is 14.9. The molecule has 0 amide bonds. The van der Waals surface area contributed by atoms with Crippen LogP contribution in [0.15, 0.2) is 205 Å². The number of aliphatic hydroxyl groups excluding tert-OH is 2. The molecular formula is C112H114N2O33S2. The number of ether oxygens (including phenoxy) is 16. The molecule has 0 bridgehead atoms. The number of aliphatic hydroxyl groups is 2. The van der Waals surface area contributed by atoms with Crippen LogP contribution in [0, 0.1) is 47.3 Å². The largest absolute Gasteiger partial charge is 0.491 e. The Bertz CT molecular complexity index is 6590. The Labute approximate surface area is 864 Å². The number of esters is 13. The van der Waals surface area contributed by atoms with E-state index < -0.39 is 126 Å². The monoisotopic (exact) mass is 2080 g/mol. The first-order chi connectivity index (χ1) is 72.3. The SMILES string of the molecule is C=CC(=O)OCCCCOC(=O)c1ccc(OC(=O)C2CCC(COc3ccc(OC(=O)C4CCC(C(=O)Oc5ccc(C(O)OCCCCOC(=O)C=C)cc5)CC4)c4sc(-c5cc6cc7oc(-c8nc9c(OC(=O)C%10CCC(C(O)Oc%11ccc(C(=O)OCCCCOC(=O)C=C)cc%11)CC%10)ccc(OC(=O)C%10CCC(C(=O)Oc%11ccc(C(=O)OCCCCOC(=O)C=C)cc%11)CC%10)c9s8)cc7cc6o5)nc34)CC2)cc1. The molecule has 37 heteroatoms. The molecule has 4 fully saturated rings. The molecule has 15 rings (SSSR count). The quantitative estimate of drug-likeness (QED) is 0.00893. The first-order valence-corrected chi connectivity index (χ1v) is 51.4. The summed E-state index contributed by atoms with van der Waals surface area (Å²) in [5, 5.41) is 23.9. The minimum absolute atomic E-state index is 0.0227. The lowest BCUT2D eigenvalue weighted by atomic mass is 9.81. The van der Waals surface area contributed by atoms with Gasteiger partial charge in [0.15, 0.2) is 51.4 Å². The lowest BCUT2D eigenvalue weighted by molar-refractivity contribution is -0.145. The van der Waals surface area contributed by atoms with Gasteiger partial charge in [0.05, 0.1) is 112 Å². The van der Waals surface area contributed by atoms with Gasteiger partial charge < -0.3 is 94.8 Å². The molecule has 0 radical (unpaired) electrons.